The van der Waals surface area contributed by atoms with E-state index in [-0.39, 0.29) is 0 Å². The number of aliphatic hydroxyl groups excluding tert-OH is 1. The van der Waals surface area contributed by atoms with E-state index in [4.69, 9.17) is 5.11 Å². The zero-order valence-corrected chi connectivity index (χ0v) is 7.90. The highest BCUT2D eigenvalue weighted by Gasteiger charge is 2.28. The van der Waals surface area contributed by atoms with Crippen LogP contribution < -0.4 is 0 Å². The first kappa shape index (κ1) is 9.53. The van der Waals surface area contributed by atoms with Crippen molar-refractivity contribution in [2.45, 2.75) is 19.8 Å². The van der Waals surface area contributed by atoms with E-state index in [1.165, 1.54) is 12.8 Å². The lowest BCUT2D eigenvalue weighted by Crippen LogP contribution is -2.03. The SMILES string of the molecule is CC1CC2C=CC=CC2C1.CO. The predicted octanol–water partition coefficient (Wildman–Crippen LogP) is 2.38. The Kier molecular flexibility index (Phi) is 3.54. The second-order valence-electron chi connectivity index (χ2n) is 3.67. The predicted molar refractivity (Wildman–Crippen MR) is 51.8 cm³/mol. The summed E-state index contributed by atoms with van der Waals surface area (Å²) in [6.45, 7) is 2.36. The van der Waals surface area contributed by atoms with Crippen LogP contribution in [0.1, 0.15) is 19.8 Å². The molecule has 0 aromatic heterocycles. The Morgan fingerprint density at radius 2 is 1.42 bits per heavy atom. The van der Waals surface area contributed by atoms with Gasteiger partial charge in [-0.05, 0) is 30.6 Å². The maximum atomic E-state index is 7.00. The maximum absolute atomic E-state index is 7.00. The van der Waals surface area contributed by atoms with Crippen molar-refractivity contribution < 1.29 is 5.11 Å². The Morgan fingerprint density at radius 3 is 1.83 bits per heavy atom. The van der Waals surface area contributed by atoms with Gasteiger partial charge in [0.2, 0.25) is 0 Å². The highest BCUT2D eigenvalue weighted by molar-refractivity contribution is 5.16. The van der Waals surface area contributed by atoms with Gasteiger partial charge in [-0.15, -0.1) is 0 Å². The first-order valence-electron chi connectivity index (χ1n) is 4.66. The second kappa shape index (κ2) is 4.46. The zero-order valence-electron chi connectivity index (χ0n) is 7.90. The van der Waals surface area contributed by atoms with Crippen molar-refractivity contribution in [3.63, 3.8) is 0 Å². The summed E-state index contributed by atoms with van der Waals surface area (Å²) >= 11 is 0. The number of aliphatic hydroxyl groups is 1. The van der Waals surface area contributed by atoms with E-state index >= 15 is 0 Å². The third-order valence-electron chi connectivity index (χ3n) is 2.73. The monoisotopic (exact) mass is 166 g/mol. The summed E-state index contributed by atoms with van der Waals surface area (Å²) in [6.07, 6.45) is 11.9. The smallest absolute Gasteiger partial charge is 0.0319 e. The molecule has 1 N–H and O–H groups in total. The molecule has 2 rings (SSSR count). The Bertz CT molecular complexity index is 161. The molecule has 1 heteroatoms. The fourth-order valence-corrected chi connectivity index (χ4v) is 2.23. The molecule has 1 fully saturated rings. The normalized spacial score (nSPS) is 37.1. The van der Waals surface area contributed by atoms with Gasteiger partial charge in [0.15, 0.2) is 0 Å². The molecule has 12 heavy (non-hydrogen) atoms. The molecule has 0 heterocycles. The Balaban J connectivity index is 0.000000336. The van der Waals surface area contributed by atoms with Crippen LogP contribution in [-0.2, 0) is 0 Å². The minimum atomic E-state index is 0.875. The van der Waals surface area contributed by atoms with Gasteiger partial charge in [0.05, 0.1) is 0 Å². The number of hydrogen-bond acceptors (Lipinski definition) is 1. The van der Waals surface area contributed by atoms with Crippen LogP contribution in [0.25, 0.3) is 0 Å². The first-order chi connectivity index (χ1) is 5.86. The van der Waals surface area contributed by atoms with E-state index in [1.54, 1.807) is 0 Å². The van der Waals surface area contributed by atoms with E-state index in [1.807, 2.05) is 0 Å². The van der Waals surface area contributed by atoms with Crippen molar-refractivity contribution in [3.05, 3.63) is 24.3 Å². The van der Waals surface area contributed by atoms with Gasteiger partial charge in [-0.2, -0.15) is 0 Å². The van der Waals surface area contributed by atoms with Crippen LogP contribution in [0.15, 0.2) is 24.3 Å². The zero-order chi connectivity index (χ0) is 8.97. The second-order valence-corrected chi connectivity index (χ2v) is 3.67. The molecule has 2 aliphatic rings. The molecule has 2 atom stereocenters. The summed E-state index contributed by atoms with van der Waals surface area (Å²) in [5.74, 6) is 2.70. The topological polar surface area (TPSA) is 20.2 Å². The standard InChI is InChI=1S/C10H14.CH4O/c1-8-6-9-4-2-3-5-10(9)7-8;1-2/h2-5,8-10H,6-7H2,1H3;2H,1H3. The third-order valence-corrected chi connectivity index (χ3v) is 2.73. The highest BCUT2D eigenvalue weighted by Crippen LogP contribution is 2.39. The summed E-state index contributed by atoms with van der Waals surface area (Å²) in [5.41, 5.74) is 0. The summed E-state index contributed by atoms with van der Waals surface area (Å²) in [5, 5.41) is 7.00. The molecule has 0 saturated heterocycles. The molecule has 68 valence electrons. The molecule has 0 bridgehead atoms. The van der Waals surface area contributed by atoms with Crippen molar-refractivity contribution in [3.8, 4) is 0 Å². The molecule has 0 amide bonds. The molecule has 0 aromatic rings. The molecule has 1 nitrogen and oxygen atoms in total. The van der Waals surface area contributed by atoms with E-state index in [0.29, 0.717) is 0 Å². The average molecular weight is 166 g/mol. The van der Waals surface area contributed by atoms with Gasteiger partial charge in [0, 0.05) is 7.11 Å². The Hall–Kier alpha value is -0.560. The van der Waals surface area contributed by atoms with Crippen LogP contribution in [0.5, 0.6) is 0 Å². The third kappa shape index (κ3) is 1.98. The molecule has 0 radical (unpaired) electrons. The van der Waals surface area contributed by atoms with Crippen molar-refractivity contribution in [1.82, 2.24) is 0 Å². The van der Waals surface area contributed by atoms with Crippen LogP contribution in [-0.4, -0.2) is 12.2 Å². The maximum Gasteiger partial charge on any atom is 0.0319 e. The summed E-state index contributed by atoms with van der Waals surface area (Å²) in [6, 6.07) is 0. The van der Waals surface area contributed by atoms with Crippen LogP contribution >= 0.6 is 0 Å². The summed E-state index contributed by atoms with van der Waals surface area (Å²) in [7, 11) is 1.00. The van der Waals surface area contributed by atoms with Gasteiger partial charge in [-0.1, -0.05) is 31.2 Å². The van der Waals surface area contributed by atoms with Gasteiger partial charge in [-0.25, -0.2) is 0 Å². The molecular weight excluding hydrogens is 148 g/mol. The van der Waals surface area contributed by atoms with Crippen LogP contribution in [0, 0.1) is 17.8 Å². The van der Waals surface area contributed by atoms with Gasteiger partial charge in [0.1, 0.15) is 0 Å². The molecule has 0 aliphatic heterocycles. The van der Waals surface area contributed by atoms with E-state index in [2.05, 4.69) is 31.2 Å². The number of allylic oxidation sites excluding steroid dienone is 4. The molecule has 1 saturated carbocycles. The first-order valence-corrected chi connectivity index (χ1v) is 4.66. The molecular formula is C11H18O. The molecule has 2 aliphatic carbocycles. The van der Waals surface area contributed by atoms with Crippen molar-refractivity contribution in [1.29, 1.82) is 0 Å². The van der Waals surface area contributed by atoms with Gasteiger partial charge < -0.3 is 5.11 Å². The van der Waals surface area contributed by atoms with E-state index < -0.39 is 0 Å². The van der Waals surface area contributed by atoms with Crippen molar-refractivity contribution in [2.75, 3.05) is 7.11 Å². The van der Waals surface area contributed by atoms with E-state index in [9.17, 15) is 0 Å². The molecule has 2 unspecified atom stereocenters. The van der Waals surface area contributed by atoms with Crippen LogP contribution in [0.3, 0.4) is 0 Å². The fraction of sp³-hybridized carbons (Fsp3) is 0.636. The summed E-state index contributed by atoms with van der Waals surface area (Å²) < 4.78 is 0. The lowest BCUT2D eigenvalue weighted by Gasteiger charge is -2.13. The van der Waals surface area contributed by atoms with Crippen LogP contribution in [0.4, 0.5) is 0 Å². The van der Waals surface area contributed by atoms with Crippen molar-refractivity contribution in [2.24, 2.45) is 17.8 Å². The van der Waals surface area contributed by atoms with Crippen molar-refractivity contribution >= 4 is 0 Å². The minimum absolute atomic E-state index is 0.875. The number of rotatable bonds is 0. The van der Waals surface area contributed by atoms with Gasteiger partial charge in [0.25, 0.3) is 0 Å². The Labute approximate surface area is 74.8 Å². The quantitative estimate of drug-likeness (QED) is 0.586. The largest absolute Gasteiger partial charge is 0.400 e. The van der Waals surface area contributed by atoms with E-state index in [0.717, 1.165) is 24.9 Å². The fourth-order valence-electron chi connectivity index (χ4n) is 2.23. The molecule has 0 spiro atoms. The Morgan fingerprint density at radius 1 is 1.00 bits per heavy atom. The minimum Gasteiger partial charge on any atom is -0.400 e. The number of fused-ring (bicyclic) bond motifs is 1. The van der Waals surface area contributed by atoms with Gasteiger partial charge in [-0.3, -0.25) is 0 Å². The lowest BCUT2D eigenvalue weighted by molar-refractivity contribution is 0.399. The van der Waals surface area contributed by atoms with Gasteiger partial charge >= 0.3 is 0 Å². The highest BCUT2D eigenvalue weighted by atomic mass is 16.2. The number of hydrogen-bond donors (Lipinski definition) is 1. The average Bonchev–Trinajstić information content (AvgIpc) is 2.48. The molecule has 0 aromatic carbocycles. The van der Waals surface area contributed by atoms with Crippen LogP contribution in [0.2, 0.25) is 0 Å². The lowest BCUT2D eigenvalue weighted by atomic mass is 9.92. The summed E-state index contributed by atoms with van der Waals surface area (Å²) in [4.78, 5) is 0.